The van der Waals surface area contributed by atoms with E-state index in [0.29, 0.717) is 27.9 Å². The summed E-state index contributed by atoms with van der Waals surface area (Å²) in [6.45, 7) is 17.6. The van der Waals surface area contributed by atoms with Gasteiger partial charge in [-0.15, -0.1) is 23.5 Å². The minimum absolute atomic E-state index is 0.126. The molecule has 1 saturated carbocycles. The van der Waals surface area contributed by atoms with Crippen molar-refractivity contribution in [1.29, 1.82) is 0 Å². The predicted molar refractivity (Wildman–Crippen MR) is 168 cm³/mol. The third-order valence-electron chi connectivity index (χ3n) is 8.02. The molecule has 2 fully saturated rings. The van der Waals surface area contributed by atoms with Gasteiger partial charge in [0.25, 0.3) is 0 Å². The van der Waals surface area contributed by atoms with Crippen LogP contribution in [-0.2, 0) is 22.2 Å². The molecule has 6 heteroatoms. The Hall–Kier alpha value is -1.63. The van der Waals surface area contributed by atoms with Gasteiger partial charge < -0.3 is 10.0 Å². The number of carbonyl (C=O) groups is 1. The van der Waals surface area contributed by atoms with Gasteiger partial charge in [-0.1, -0.05) is 84.7 Å². The second-order valence-electron chi connectivity index (χ2n) is 13.3. The SMILES string of the molecule is CC(C)(C)c1cc(SC2CCCCC2SCC(=O)N2CCN(Cc3ccccc3)CC2)cc(C(C)(C)C)c1O. The number of amides is 1. The number of phenolic OH excluding ortho intramolecular Hbond substituents is 1. The molecular weight excluding hydrogens is 521 g/mol. The molecule has 2 atom stereocenters. The number of carbonyl (C=O) groups excluding carboxylic acids is 1. The molecule has 2 aliphatic rings. The van der Waals surface area contributed by atoms with Crippen molar-refractivity contribution in [2.75, 3.05) is 31.9 Å². The van der Waals surface area contributed by atoms with Crippen molar-refractivity contribution in [3.05, 3.63) is 59.2 Å². The third-order valence-corrected chi connectivity index (χ3v) is 11.0. The first-order chi connectivity index (χ1) is 18.4. The maximum atomic E-state index is 13.2. The predicted octanol–water partition coefficient (Wildman–Crippen LogP) is 7.47. The monoisotopic (exact) mass is 568 g/mol. The summed E-state index contributed by atoms with van der Waals surface area (Å²) in [5.41, 5.74) is 3.14. The van der Waals surface area contributed by atoms with Crippen molar-refractivity contribution in [2.45, 2.75) is 100.0 Å². The van der Waals surface area contributed by atoms with Crippen molar-refractivity contribution >= 4 is 29.4 Å². The molecule has 2 unspecified atom stereocenters. The highest BCUT2D eigenvalue weighted by Crippen LogP contribution is 2.45. The fourth-order valence-electron chi connectivity index (χ4n) is 5.65. The number of hydrogen-bond acceptors (Lipinski definition) is 5. The summed E-state index contributed by atoms with van der Waals surface area (Å²) in [4.78, 5) is 18.9. The van der Waals surface area contributed by atoms with E-state index in [0.717, 1.165) is 43.9 Å². The fourth-order valence-corrected chi connectivity index (χ4v) is 8.57. The number of thioether (sulfide) groups is 2. The Morgan fingerprint density at radius 3 is 2.00 bits per heavy atom. The summed E-state index contributed by atoms with van der Waals surface area (Å²) in [7, 11) is 0. The Kier molecular flexibility index (Phi) is 10.0. The van der Waals surface area contributed by atoms with Crippen LogP contribution in [0.3, 0.4) is 0 Å². The van der Waals surface area contributed by atoms with Gasteiger partial charge in [-0.3, -0.25) is 9.69 Å². The molecular formula is C33H48N2O2S2. The molecule has 2 aromatic carbocycles. The summed E-state index contributed by atoms with van der Waals surface area (Å²) in [5.74, 6) is 1.32. The van der Waals surface area contributed by atoms with Gasteiger partial charge in [0.05, 0.1) is 5.75 Å². The van der Waals surface area contributed by atoms with Crippen LogP contribution in [0.4, 0.5) is 0 Å². The van der Waals surface area contributed by atoms with E-state index in [4.69, 9.17) is 0 Å². The highest BCUT2D eigenvalue weighted by atomic mass is 32.2. The van der Waals surface area contributed by atoms with Gasteiger partial charge in [-0.2, -0.15) is 0 Å². The van der Waals surface area contributed by atoms with E-state index < -0.39 is 0 Å². The van der Waals surface area contributed by atoms with Crippen LogP contribution < -0.4 is 0 Å². The highest BCUT2D eigenvalue weighted by Gasteiger charge is 2.31. The Labute approximate surface area is 245 Å². The molecule has 1 saturated heterocycles. The molecule has 0 bridgehead atoms. The Balaban J connectivity index is 1.35. The van der Waals surface area contributed by atoms with Crippen LogP contribution in [-0.4, -0.2) is 63.2 Å². The second kappa shape index (κ2) is 12.9. The number of benzene rings is 2. The molecule has 0 spiro atoms. The smallest absolute Gasteiger partial charge is 0.232 e. The van der Waals surface area contributed by atoms with Crippen molar-refractivity contribution < 1.29 is 9.90 Å². The van der Waals surface area contributed by atoms with Crippen molar-refractivity contribution in [3.8, 4) is 5.75 Å². The lowest BCUT2D eigenvalue weighted by atomic mass is 9.79. The van der Waals surface area contributed by atoms with Crippen LogP contribution >= 0.6 is 23.5 Å². The molecule has 39 heavy (non-hydrogen) atoms. The first-order valence-corrected chi connectivity index (χ1v) is 16.5. The lowest BCUT2D eigenvalue weighted by Gasteiger charge is -2.36. The number of phenols is 1. The van der Waals surface area contributed by atoms with Crippen LogP contribution in [0.15, 0.2) is 47.4 Å². The summed E-state index contributed by atoms with van der Waals surface area (Å²) < 4.78 is 0. The second-order valence-corrected chi connectivity index (χ2v) is 15.8. The number of hydrogen-bond donors (Lipinski definition) is 1. The number of rotatable bonds is 7. The molecule has 4 rings (SSSR count). The molecule has 1 heterocycles. The van der Waals surface area contributed by atoms with E-state index in [1.54, 1.807) is 0 Å². The summed E-state index contributed by atoms with van der Waals surface area (Å²) in [6, 6.07) is 15.0. The fraction of sp³-hybridized carbons (Fsp3) is 0.606. The standard InChI is InChI=1S/C33H48N2O2S2/c1-32(2,3)26-20-25(21-27(31(26)37)33(4,5)6)39-29-15-11-10-14-28(29)38-23-30(36)35-18-16-34(17-19-35)22-24-12-8-7-9-13-24/h7-9,12-13,20-21,28-29,37H,10-11,14-19,22-23H2,1-6H3. The molecule has 1 aliphatic heterocycles. The van der Waals surface area contributed by atoms with Gasteiger partial charge in [0, 0.05) is 59.2 Å². The van der Waals surface area contributed by atoms with Gasteiger partial charge in [0.2, 0.25) is 5.91 Å². The first kappa shape index (κ1) is 30.3. The van der Waals surface area contributed by atoms with Gasteiger partial charge in [-0.05, 0) is 41.4 Å². The van der Waals surface area contributed by atoms with Crippen LogP contribution in [0, 0.1) is 0 Å². The van der Waals surface area contributed by atoms with Crippen LogP contribution in [0.25, 0.3) is 0 Å². The van der Waals surface area contributed by atoms with Gasteiger partial charge in [0.1, 0.15) is 5.75 Å². The molecule has 1 amide bonds. The number of piperazine rings is 1. The van der Waals surface area contributed by atoms with Crippen LogP contribution in [0.5, 0.6) is 5.75 Å². The maximum Gasteiger partial charge on any atom is 0.232 e. The average molecular weight is 569 g/mol. The maximum absolute atomic E-state index is 13.2. The van der Waals surface area contributed by atoms with Crippen molar-refractivity contribution in [3.63, 3.8) is 0 Å². The summed E-state index contributed by atoms with van der Waals surface area (Å²) in [5, 5.41) is 12.1. The quantitative estimate of drug-likeness (QED) is 0.375. The van der Waals surface area contributed by atoms with Crippen LogP contribution in [0.2, 0.25) is 0 Å². The topological polar surface area (TPSA) is 43.8 Å². The van der Waals surface area contributed by atoms with E-state index in [9.17, 15) is 9.90 Å². The van der Waals surface area contributed by atoms with Crippen LogP contribution in [0.1, 0.15) is 83.9 Å². The third kappa shape index (κ3) is 8.20. The van der Waals surface area contributed by atoms with Crippen molar-refractivity contribution in [2.24, 2.45) is 0 Å². The lowest BCUT2D eigenvalue weighted by molar-refractivity contribution is -0.130. The Morgan fingerprint density at radius 1 is 0.872 bits per heavy atom. The molecule has 1 aliphatic carbocycles. The number of nitrogens with zero attached hydrogens (tertiary/aromatic N) is 2. The number of aromatic hydroxyl groups is 1. The average Bonchev–Trinajstić information content (AvgIpc) is 2.88. The lowest BCUT2D eigenvalue weighted by Crippen LogP contribution is -2.49. The summed E-state index contributed by atoms with van der Waals surface area (Å²) in [6.07, 6.45) is 4.86. The summed E-state index contributed by atoms with van der Waals surface area (Å²) >= 11 is 3.84. The Morgan fingerprint density at radius 2 is 1.44 bits per heavy atom. The highest BCUT2D eigenvalue weighted by molar-refractivity contribution is 8.04. The van der Waals surface area contributed by atoms with E-state index in [-0.39, 0.29) is 10.8 Å². The zero-order valence-corrected chi connectivity index (χ0v) is 26.5. The molecule has 2 aromatic rings. The van der Waals surface area contributed by atoms with E-state index in [1.165, 1.54) is 36.1 Å². The normalized spacial score (nSPS) is 21.2. The minimum atomic E-state index is -0.126. The molecule has 0 aromatic heterocycles. The van der Waals surface area contributed by atoms with E-state index >= 15 is 0 Å². The van der Waals surface area contributed by atoms with Gasteiger partial charge in [-0.25, -0.2) is 0 Å². The largest absolute Gasteiger partial charge is 0.507 e. The zero-order valence-electron chi connectivity index (χ0n) is 24.8. The van der Waals surface area contributed by atoms with E-state index in [2.05, 4.69) is 93.8 Å². The molecule has 4 nitrogen and oxygen atoms in total. The molecule has 214 valence electrons. The van der Waals surface area contributed by atoms with Gasteiger partial charge >= 0.3 is 0 Å². The molecule has 1 N–H and O–H groups in total. The minimum Gasteiger partial charge on any atom is -0.507 e. The molecule has 0 radical (unpaired) electrons. The van der Waals surface area contributed by atoms with Gasteiger partial charge in [0.15, 0.2) is 0 Å². The zero-order chi connectivity index (χ0) is 28.2. The van der Waals surface area contributed by atoms with Crippen molar-refractivity contribution in [1.82, 2.24) is 9.80 Å². The first-order valence-electron chi connectivity index (χ1n) is 14.6. The van der Waals surface area contributed by atoms with E-state index in [1.807, 2.05) is 23.5 Å². The Bertz CT molecular complexity index is 1060.